The number of hydrogen-bond donors (Lipinski definition) is 0. The first-order valence-electron chi connectivity index (χ1n) is 7.30. The SMILES string of the molecule is Cc1cc2cc(Br)cc(Br)c2nc1[C]1[CH][CH][CH][CH]1.[CH]1[CH][CH][CH][CH]1.[Fe+2]. The van der Waals surface area contributed by atoms with E-state index in [0.29, 0.717) is 0 Å². The Morgan fingerprint density at radius 3 is 1.96 bits per heavy atom. The van der Waals surface area contributed by atoms with Gasteiger partial charge in [-0.15, -0.1) is 0 Å². The smallest absolute Gasteiger partial charge is 0.251 e. The molecule has 0 spiro atoms. The molecule has 1 aromatic carbocycles. The maximum absolute atomic E-state index is 4.79. The first-order chi connectivity index (χ1) is 11.1. The molecule has 0 unspecified atom stereocenters. The average molecular weight is 485 g/mol. The summed E-state index contributed by atoms with van der Waals surface area (Å²) in [5, 5.41) is 1.14. The van der Waals surface area contributed by atoms with Crippen molar-refractivity contribution in [1.29, 1.82) is 0 Å². The Morgan fingerprint density at radius 2 is 1.38 bits per heavy atom. The van der Waals surface area contributed by atoms with Crippen LogP contribution in [0.5, 0.6) is 0 Å². The molecule has 0 aliphatic heterocycles. The maximum atomic E-state index is 4.79. The third-order valence-electron chi connectivity index (χ3n) is 3.52. The minimum Gasteiger partial charge on any atom is -0.251 e. The summed E-state index contributed by atoms with van der Waals surface area (Å²) in [4.78, 5) is 4.79. The van der Waals surface area contributed by atoms with E-state index in [4.69, 9.17) is 4.98 Å². The molecule has 2 fully saturated rings. The zero-order chi connectivity index (χ0) is 16.2. The van der Waals surface area contributed by atoms with Gasteiger partial charge in [0.05, 0.1) is 11.2 Å². The molecule has 0 saturated heterocycles. The molecule has 10 radical (unpaired) electrons. The predicted octanol–water partition coefficient (Wildman–Crippen LogP) is 5.84. The van der Waals surface area contributed by atoms with Crippen molar-refractivity contribution in [3.05, 3.63) is 102 Å². The van der Waals surface area contributed by atoms with Gasteiger partial charge in [-0.25, -0.2) is 0 Å². The summed E-state index contributed by atoms with van der Waals surface area (Å²) in [6.07, 6.45) is 18.3. The van der Waals surface area contributed by atoms with Gasteiger partial charge in [-0.1, -0.05) is 15.9 Å². The fourth-order valence-corrected chi connectivity index (χ4v) is 3.81. The standard InChI is InChI=1S/C15H10Br2N.C5H5.Fe/c1-9-6-11-7-12(16)8-13(17)15(11)18-14(9)10-4-2-3-5-10;1-2-4-5-3-1;/h2-8H,1H3;1-5H;/q;;+2. The molecule has 2 aliphatic carbocycles. The van der Waals surface area contributed by atoms with E-state index in [1.54, 1.807) is 0 Å². The minimum absolute atomic E-state index is 0. The van der Waals surface area contributed by atoms with Crippen molar-refractivity contribution in [3.8, 4) is 0 Å². The van der Waals surface area contributed by atoms with E-state index >= 15 is 0 Å². The molecule has 24 heavy (non-hydrogen) atoms. The van der Waals surface area contributed by atoms with Crippen LogP contribution in [0.3, 0.4) is 0 Å². The second-order valence-electron chi connectivity index (χ2n) is 5.25. The van der Waals surface area contributed by atoms with E-state index in [-0.39, 0.29) is 17.1 Å². The summed E-state index contributed by atoms with van der Waals surface area (Å²) in [5.74, 6) is 1.17. The quantitative estimate of drug-likeness (QED) is 0.463. The molecule has 0 atom stereocenters. The first-order valence-corrected chi connectivity index (χ1v) is 8.89. The van der Waals surface area contributed by atoms with Gasteiger partial charge >= 0.3 is 17.1 Å². The van der Waals surface area contributed by atoms with Gasteiger partial charge in [0.15, 0.2) is 0 Å². The van der Waals surface area contributed by atoms with Crippen LogP contribution in [0.1, 0.15) is 11.3 Å². The number of pyridine rings is 1. The molecule has 0 amide bonds. The number of hydrogen-bond acceptors (Lipinski definition) is 1. The Balaban J connectivity index is 0.000000300. The van der Waals surface area contributed by atoms with Crippen LogP contribution in [0.15, 0.2) is 27.1 Å². The van der Waals surface area contributed by atoms with Gasteiger partial charge in [-0.3, -0.25) is 4.98 Å². The van der Waals surface area contributed by atoms with Crippen LogP contribution in [0.4, 0.5) is 0 Å². The zero-order valence-electron chi connectivity index (χ0n) is 13.0. The Bertz CT molecular complexity index is 669. The Labute approximate surface area is 173 Å². The van der Waals surface area contributed by atoms with Crippen LogP contribution in [-0.2, 0) is 17.1 Å². The van der Waals surface area contributed by atoms with Crippen molar-refractivity contribution in [1.82, 2.24) is 4.98 Å². The molecule has 4 heteroatoms. The van der Waals surface area contributed by atoms with Crippen molar-refractivity contribution in [2.24, 2.45) is 0 Å². The zero-order valence-corrected chi connectivity index (χ0v) is 17.3. The van der Waals surface area contributed by atoms with Crippen LogP contribution in [0, 0.1) is 70.6 Å². The van der Waals surface area contributed by atoms with E-state index in [1.165, 1.54) is 11.5 Å². The summed E-state index contributed by atoms with van der Waals surface area (Å²) in [7, 11) is 0. The Kier molecular flexibility index (Phi) is 8.26. The fourth-order valence-electron chi connectivity index (χ4n) is 2.46. The van der Waals surface area contributed by atoms with Gasteiger partial charge in [-0.2, -0.15) is 0 Å². The second-order valence-corrected chi connectivity index (χ2v) is 7.02. The molecule has 1 aromatic heterocycles. The van der Waals surface area contributed by atoms with Crippen molar-refractivity contribution in [2.75, 3.05) is 0 Å². The summed E-state index contributed by atoms with van der Waals surface area (Å²) in [5.41, 5.74) is 3.24. The van der Waals surface area contributed by atoms with E-state index in [2.05, 4.69) is 63.8 Å². The van der Waals surface area contributed by atoms with Crippen molar-refractivity contribution < 1.29 is 17.1 Å². The van der Waals surface area contributed by atoms with Crippen LogP contribution >= 0.6 is 31.9 Å². The normalized spacial score (nSPS) is 17.5. The second kappa shape index (κ2) is 9.71. The van der Waals surface area contributed by atoms with E-state index in [0.717, 1.165) is 25.5 Å². The summed E-state index contributed by atoms with van der Waals surface area (Å²) in [6, 6.07) is 6.30. The number of aryl methyl sites for hydroxylation is 1. The number of benzene rings is 1. The van der Waals surface area contributed by atoms with Gasteiger partial charge in [0, 0.05) is 20.2 Å². The molecule has 1 heterocycles. The number of nitrogens with zero attached hydrogens (tertiary/aromatic N) is 1. The molecule has 2 aliphatic rings. The molecule has 2 saturated carbocycles. The summed E-state index contributed by atoms with van der Waals surface area (Å²) >= 11 is 7.08. The molecule has 0 N–H and O–H groups in total. The van der Waals surface area contributed by atoms with Gasteiger partial charge in [0.2, 0.25) is 0 Å². The third-order valence-corrected chi connectivity index (χ3v) is 4.58. The predicted molar refractivity (Wildman–Crippen MR) is 103 cm³/mol. The molecule has 2 aromatic rings. The molecule has 120 valence electrons. The van der Waals surface area contributed by atoms with Gasteiger partial charge < -0.3 is 0 Å². The van der Waals surface area contributed by atoms with Gasteiger partial charge in [0.1, 0.15) is 0 Å². The van der Waals surface area contributed by atoms with E-state index in [1.807, 2.05) is 51.0 Å². The fraction of sp³-hybridized carbons (Fsp3) is 0.0500. The van der Waals surface area contributed by atoms with Crippen LogP contribution in [-0.4, -0.2) is 4.98 Å². The van der Waals surface area contributed by atoms with Gasteiger partial charge in [-0.05, 0) is 104 Å². The third kappa shape index (κ3) is 5.06. The number of aromatic nitrogens is 1. The largest absolute Gasteiger partial charge is 2.00 e. The number of fused-ring (bicyclic) bond motifs is 1. The molecule has 0 bridgehead atoms. The number of halogens is 2. The van der Waals surface area contributed by atoms with Crippen molar-refractivity contribution in [3.63, 3.8) is 0 Å². The molecular formula is C20H15Br2FeN+2. The summed E-state index contributed by atoms with van der Waals surface area (Å²) < 4.78 is 2.07. The molecular weight excluding hydrogens is 470 g/mol. The van der Waals surface area contributed by atoms with Crippen molar-refractivity contribution in [2.45, 2.75) is 6.92 Å². The molecule has 4 rings (SSSR count). The molecule has 1 nitrogen and oxygen atoms in total. The Morgan fingerprint density at radius 1 is 0.792 bits per heavy atom. The monoisotopic (exact) mass is 483 g/mol. The summed E-state index contributed by atoms with van der Waals surface area (Å²) in [6.45, 7) is 2.10. The Hall–Kier alpha value is 0.109. The first kappa shape index (κ1) is 20.4. The van der Waals surface area contributed by atoms with Crippen LogP contribution in [0.25, 0.3) is 10.9 Å². The number of rotatable bonds is 1. The topological polar surface area (TPSA) is 12.9 Å². The van der Waals surface area contributed by atoms with Crippen molar-refractivity contribution >= 4 is 42.8 Å². The maximum Gasteiger partial charge on any atom is 2.00 e. The van der Waals surface area contributed by atoms with Crippen LogP contribution in [0.2, 0.25) is 0 Å². The van der Waals surface area contributed by atoms with Gasteiger partial charge in [0.25, 0.3) is 0 Å². The van der Waals surface area contributed by atoms with E-state index in [9.17, 15) is 0 Å². The van der Waals surface area contributed by atoms with Crippen LogP contribution < -0.4 is 0 Å². The average Bonchev–Trinajstić information content (AvgIpc) is 3.23. The van der Waals surface area contributed by atoms with E-state index < -0.39 is 0 Å². The minimum atomic E-state index is 0.